The topological polar surface area (TPSA) is 39.2 Å². The van der Waals surface area contributed by atoms with E-state index in [1.165, 1.54) is 6.07 Å². The maximum Gasteiger partial charge on any atom is 0.348 e. The number of halogens is 5. The van der Waals surface area contributed by atoms with Gasteiger partial charge in [0, 0.05) is 12.3 Å². The Labute approximate surface area is 108 Å². The van der Waals surface area contributed by atoms with Crippen LogP contribution in [0.2, 0.25) is 0 Å². The van der Waals surface area contributed by atoms with Gasteiger partial charge in [-0.3, -0.25) is 0 Å². The molecule has 0 aliphatic rings. The molecule has 1 aromatic carbocycles. The summed E-state index contributed by atoms with van der Waals surface area (Å²) < 4.78 is 69.2. The maximum atomic E-state index is 13.3. The summed E-state index contributed by atoms with van der Waals surface area (Å²) in [6, 6.07) is 2.31. The van der Waals surface area contributed by atoms with E-state index in [2.05, 4.69) is 9.72 Å². The molecule has 0 saturated carbocycles. The standard InChI is InChI=1S/C12H4F5NO2/c13-6-4-7(9(15)10(16)8(6)14)20-12(19)5-2-1-3-18-11(5)17/h1-4H. The van der Waals surface area contributed by atoms with Crippen LogP contribution in [0.3, 0.4) is 0 Å². The van der Waals surface area contributed by atoms with Crippen LogP contribution in [0, 0.1) is 29.2 Å². The number of benzene rings is 1. The molecule has 20 heavy (non-hydrogen) atoms. The third-order valence-corrected chi connectivity index (χ3v) is 2.25. The Morgan fingerprint density at radius 2 is 1.75 bits per heavy atom. The second kappa shape index (κ2) is 5.24. The van der Waals surface area contributed by atoms with Crippen molar-refractivity contribution in [2.75, 3.05) is 0 Å². The van der Waals surface area contributed by atoms with Gasteiger partial charge in [-0.25, -0.2) is 22.9 Å². The monoisotopic (exact) mass is 289 g/mol. The van der Waals surface area contributed by atoms with Crippen molar-refractivity contribution in [1.29, 1.82) is 0 Å². The molecule has 2 rings (SSSR count). The zero-order valence-corrected chi connectivity index (χ0v) is 9.46. The molecule has 0 radical (unpaired) electrons. The molecule has 3 nitrogen and oxygen atoms in total. The van der Waals surface area contributed by atoms with Gasteiger partial charge >= 0.3 is 5.97 Å². The van der Waals surface area contributed by atoms with E-state index < -0.39 is 46.5 Å². The Morgan fingerprint density at radius 3 is 2.40 bits per heavy atom. The van der Waals surface area contributed by atoms with Gasteiger partial charge in [0.25, 0.3) is 0 Å². The van der Waals surface area contributed by atoms with Crippen LogP contribution >= 0.6 is 0 Å². The molecule has 0 fully saturated rings. The first-order chi connectivity index (χ1) is 9.41. The van der Waals surface area contributed by atoms with Crippen molar-refractivity contribution >= 4 is 5.97 Å². The lowest BCUT2D eigenvalue weighted by Crippen LogP contribution is -2.13. The van der Waals surface area contributed by atoms with Crippen LogP contribution in [0.5, 0.6) is 5.75 Å². The maximum absolute atomic E-state index is 13.3. The number of pyridine rings is 1. The number of ether oxygens (including phenoxy) is 1. The molecule has 0 unspecified atom stereocenters. The van der Waals surface area contributed by atoms with Crippen molar-refractivity contribution < 1.29 is 31.5 Å². The van der Waals surface area contributed by atoms with Gasteiger partial charge < -0.3 is 4.74 Å². The van der Waals surface area contributed by atoms with Crippen LogP contribution in [0.25, 0.3) is 0 Å². The van der Waals surface area contributed by atoms with Gasteiger partial charge in [0.2, 0.25) is 17.6 Å². The van der Waals surface area contributed by atoms with Gasteiger partial charge in [-0.2, -0.15) is 8.78 Å². The summed E-state index contributed by atoms with van der Waals surface area (Å²) >= 11 is 0. The smallest absolute Gasteiger partial charge is 0.348 e. The Bertz CT molecular complexity index is 690. The molecule has 0 N–H and O–H groups in total. The predicted octanol–water partition coefficient (Wildman–Crippen LogP) is 3.00. The zero-order valence-electron chi connectivity index (χ0n) is 9.46. The van der Waals surface area contributed by atoms with Crippen LogP contribution in [-0.2, 0) is 0 Å². The van der Waals surface area contributed by atoms with E-state index in [1.807, 2.05) is 0 Å². The van der Waals surface area contributed by atoms with E-state index in [-0.39, 0.29) is 6.07 Å². The van der Waals surface area contributed by atoms with Crippen LogP contribution in [0.15, 0.2) is 24.4 Å². The zero-order chi connectivity index (χ0) is 14.9. The summed E-state index contributed by atoms with van der Waals surface area (Å²) in [5.74, 6) is -11.7. The first kappa shape index (κ1) is 13.9. The van der Waals surface area contributed by atoms with Crippen LogP contribution < -0.4 is 4.74 Å². The lowest BCUT2D eigenvalue weighted by atomic mass is 10.2. The number of aromatic nitrogens is 1. The van der Waals surface area contributed by atoms with E-state index in [0.29, 0.717) is 0 Å². The molecule has 0 bridgehead atoms. The van der Waals surface area contributed by atoms with Crippen molar-refractivity contribution in [2.45, 2.75) is 0 Å². The minimum atomic E-state index is -2.14. The highest BCUT2D eigenvalue weighted by molar-refractivity contribution is 5.90. The van der Waals surface area contributed by atoms with Crippen molar-refractivity contribution in [3.8, 4) is 5.75 Å². The number of hydrogen-bond acceptors (Lipinski definition) is 3. The Hall–Kier alpha value is -2.51. The van der Waals surface area contributed by atoms with Gasteiger partial charge in [-0.05, 0) is 12.1 Å². The number of rotatable bonds is 2. The molecule has 2 aromatic rings. The molecule has 0 aliphatic heterocycles. The molecule has 1 heterocycles. The Balaban J connectivity index is 2.36. The summed E-state index contributed by atoms with van der Waals surface area (Å²) in [7, 11) is 0. The van der Waals surface area contributed by atoms with Crippen molar-refractivity contribution in [1.82, 2.24) is 4.98 Å². The molecule has 1 aromatic heterocycles. The quantitative estimate of drug-likeness (QED) is 0.213. The fraction of sp³-hybridized carbons (Fsp3) is 0. The molecular formula is C12H4F5NO2. The average molecular weight is 289 g/mol. The van der Waals surface area contributed by atoms with Gasteiger partial charge in [0.05, 0.1) is 0 Å². The third-order valence-electron chi connectivity index (χ3n) is 2.25. The molecule has 8 heteroatoms. The fourth-order valence-corrected chi connectivity index (χ4v) is 1.32. The summed E-state index contributed by atoms with van der Waals surface area (Å²) in [5, 5.41) is 0. The van der Waals surface area contributed by atoms with Crippen LogP contribution in [0.4, 0.5) is 22.0 Å². The second-order valence-corrected chi connectivity index (χ2v) is 3.53. The van der Waals surface area contributed by atoms with E-state index in [9.17, 15) is 26.7 Å². The molecule has 0 amide bonds. The summed E-state index contributed by atoms with van der Waals surface area (Å²) in [4.78, 5) is 14.6. The highest BCUT2D eigenvalue weighted by Crippen LogP contribution is 2.25. The lowest BCUT2D eigenvalue weighted by Gasteiger charge is -2.07. The molecule has 0 spiro atoms. The third kappa shape index (κ3) is 2.44. The van der Waals surface area contributed by atoms with Gasteiger partial charge in [-0.15, -0.1) is 0 Å². The molecular weight excluding hydrogens is 285 g/mol. The van der Waals surface area contributed by atoms with E-state index in [0.717, 1.165) is 12.3 Å². The van der Waals surface area contributed by atoms with Crippen LogP contribution in [-0.4, -0.2) is 11.0 Å². The largest absolute Gasteiger partial charge is 0.419 e. The van der Waals surface area contributed by atoms with E-state index >= 15 is 0 Å². The van der Waals surface area contributed by atoms with Crippen molar-refractivity contribution in [3.63, 3.8) is 0 Å². The first-order valence-electron chi connectivity index (χ1n) is 5.07. The normalized spacial score (nSPS) is 10.4. The number of carbonyl (C=O) groups excluding carboxylic acids is 1. The minimum Gasteiger partial charge on any atom is -0.419 e. The van der Waals surface area contributed by atoms with E-state index in [1.54, 1.807) is 0 Å². The van der Waals surface area contributed by atoms with Gasteiger partial charge in [0.1, 0.15) is 5.56 Å². The summed E-state index contributed by atoms with van der Waals surface area (Å²) in [6.07, 6.45) is 1.05. The average Bonchev–Trinajstić information content (AvgIpc) is 2.42. The molecule has 0 atom stereocenters. The molecule has 104 valence electrons. The SMILES string of the molecule is O=C(Oc1cc(F)c(F)c(F)c1F)c1cccnc1F. The summed E-state index contributed by atoms with van der Waals surface area (Å²) in [6.45, 7) is 0. The lowest BCUT2D eigenvalue weighted by molar-refractivity contribution is 0.0719. The first-order valence-corrected chi connectivity index (χ1v) is 5.07. The highest BCUT2D eigenvalue weighted by Gasteiger charge is 2.23. The Morgan fingerprint density at radius 1 is 1.05 bits per heavy atom. The number of hydrogen-bond donors (Lipinski definition) is 0. The van der Waals surface area contributed by atoms with Crippen molar-refractivity contribution in [3.05, 3.63) is 59.2 Å². The molecule has 0 saturated heterocycles. The number of esters is 1. The van der Waals surface area contributed by atoms with Crippen molar-refractivity contribution in [2.24, 2.45) is 0 Å². The summed E-state index contributed by atoms with van der Waals surface area (Å²) in [5.41, 5.74) is -0.669. The minimum absolute atomic E-state index is 0.139. The van der Waals surface area contributed by atoms with E-state index in [4.69, 9.17) is 0 Å². The fourth-order valence-electron chi connectivity index (χ4n) is 1.32. The number of nitrogens with zero attached hydrogens (tertiary/aromatic N) is 1. The number of carbonyl (C=O) groups is 1. The van der Waals surface area contributed by atoms with Gasteiger partial charge in [-0.1, -0.05) is 0 Å². The predicted molar refractivity (Wildman–Crippen MR) is 55.4 cm³/mol. The van der Waals surface area contributed by atoms with Crippen LogP contribution in [0.1, 0.15) is 10.4 Å². The Kier molecular flexibility index (Phi) is 3.64. The highest BCUT2D eigenvalue weighted by atomic mass is 19.2. The second-order valence-electron chi connectivity index (χ2n) is 3.53. The van der Waals surface area contributed by atoms with Gasteiger partial charge in [0.15, 0.2) is 17.4 Å². The molecule has 0 aliphatic carbocycles.